The molecule has 0 saturated carbocycles. The number of nitrogens with zero attached hydrogens (tertiary/aromatic N) is 1. The number of carbonyl (C=O) groups excluding carboxylic acids is 2. The van der Waals surface area contributed by atoms with Gasteiger partial charge in [-0.25, -0.2) is 9.29 Å². The Hall–Kier alpha value is -2.01. The van der Waals surface area contributed by atoms with Crippen molar-refractivity contribution in [3.63, 3.8) is 0 Å². The van der Waals surface area contributed by atoms with E-state index in [9.17, 15) is 14.0 Å². The third-order valence-electron chi connectivity index (χ3n) is 3.33. The van der Waals surface area contributed by atoms with Gasteiger partial charge in [0.05, 0.1) is 16.8 Å². The highest BCUT2D eigenvalue weighted by molar-refractivity contribution is 9.10. The SMILES string of the molecule is Cc1c(F)ccc(N2C(=O)c3ccccc3C2=O)c1Br. The summed E-state index contributed by atoms with van der Waals surface area (Å²) in [6, 6.07) is 9.31. The third-order valence-corrected chi connectivity index (χ3v) is 4.34. The molecule has 0 unspecified atom stereocenters. The van der Waals surface area contributed by atoms with Gasteiger partial charge < -0.3 is 0 Å². The molecule has 3 rings (SSSR count). The van der Waals surface area contributed by atoms with Crippen LogP contribution in [0.25, 0.3) is 0 Å². The standard InChI is InChI=1S/C15H9BrFNO2/c1-8-11(17)6-7-12(13(8)16)18-14(19)9-4-2-3-5-10(9)15(18)20/h2-7H,1H3. The summed E-state index contributed by atoms with van der Waals surface area (Å²) >= 11 is 3.25. The van der Waals surface area contributed by atoms with E-state index in [0.29, 0.717) is 26.9 Å². The summed E-state index contributed by atoms with van der Waals surface area (Å²) in [5.41, 5.74) is 1.45. The van der Waals surface area contributed by atoms with Crippen molar-refractivity contribution in [1.82, 2.24) is 0 Å². The molecule has 0 atom stereocenters. The lowest BCUT2D eigenvalue weighted by molar-refractivity contribution is 0.0926. The van der Waals surface area contributed by atoms with Gasteiger partial charge in [0.2, 0.25) is 0 Å². The molecule has 3 nitrogen and oxygen atoms in total. The zero-order valence-electron chi connectivity index (χ0n) is 10.5. The Morgan fingerprint density at radius 3 is 2.10 bits per heavy atom. The van der Waals surface area contributed by atoms with Crippen LogP contribution in [-0.4, -0.2) is 11.8 Å². The van der Waals surface area contributed by atoms with Gasteiger partial charge >= 0.3 is 0 Å². The van der Waals surface area contributed by atoms with Crippen molar-refractivity contribution in [2.45, 2.75) is 6.92 Å². The van der Waals surface area contributed by atoms with Gasteiger partial charge in [-0.05, 0) is 47.1 Å². The molecular formula is C15H9BrFNO2. The summed E-state index contributed by atoms with van der Waals surface area (Å²) in [5, 5.41) is 0. The molecule has 0 aromatic heterocycles. The average molecular weight is 334 g/mol. The quantitative estimate of drug-likeness (QED) is 0.746. The van der Waals surface area contributed by atoms with Crippen LogP contribution in [0.2, 0.25) is 0 Å². The second-order valence-corrected chi connectivity index (χ2v) is 5.29. The molecule has 0 radical (unpaired) electrons. The lowest BCUT2D eigenvalue weighted by Gasteiger charge is -2.17. The first-order valence-corrected chi connectivity index (χ1v) is 6.74. The Kier molecular flexibility index (Phi) is 2.94. The molecule has 0 N–H and O–H groups in total. The van der Waals surface area contributed by atoms with Gasteiger partial charge in [0.25, 0.3) is 11.8 Å². The van der Waals surface area contributed by atoms with Crippen LogP contribution < -0.4 is 4.90 Å². The highest BCUT2D eigenvalue weighted by atomic mass is 79.9. The Morgan fingerprint density at radius 2 is 1.55 bits per heavy atom. The fraction of sp³-hybridized carbons (Fsp3) is 0.0667. The van der Waals surface area contributed by atoms with Crippen molar-refractivity contribution in [2.24, 2.45) is 0 Å². The predicted molar refractivity (Wildman–Crippen MR) is 76.4 cm³/mol. The molecule has 0 fully saturated rings. The van der Waals surface area contributed by atoms with Crippen molar-refractivity contribution in [3.8, 4) is 0 Å². The van der Waals surface area contributed by atoms with Crippen LogP contribution in [0.15, 0.2) is 40.9 Å². The number of amides is 2. The number of hydrogen-bond donors (Lipinski definition) is 0. The number of fused-ring (bicyclic) bond motifs is 1. The highest BCUT2D eigenvalue weighted by Gasteiger charge is 2.37. The van der Waals surface area contributed by atoms with Gasteiger partial charge in [-0.2, -0.15) is 0 Å². The molecule has 100 valence electrons. The first-order chi connectivity index (χ1) is 9.52. The molecule has 0 aliphatic carbocycles. The van der Waals surface area contributed by atoms with E-state index >= 15 is 0 Å². The number of carbonyl (C=O) groups is 2. The number of rotatable bonds is 1. The van der Waals surface area contributed by atoms with Crippen molar-refractivity contribution in [1.29, 1.82) is 0 Å². The first kappa shape index (κ1) is 13.0. The molecule has 0 saturated heterocycles. The normalized spacial score (nSPS) is 13.8. The fourth-order valence-corrected chi connectivity index (χ4v) is 2.73. The van der Waals surface area contributed by atoms with Crippen molar-refractivity contribution in [3.05, 3.63) is 63.4 Å². The molecule has 0 spiro atoms. The van der Waals surface area contributed by atoms with Gasteiger partial charge in [-0.1, -0.05) is 12.1 Å². The molecule has 1 heterocycles. The Balaban J connectivity index is 2.17. The molecule has 1 aliphatic heterocycles. The lowest BCUT2D eigenvalue weighted by atomic mass is 10.1. The van der Waals surface area contributed by atoms with E-state index in [1.54, 1.807) is 31.2 Å². The monoisotopic (exact) mass is 333 g/mol. The van der Waals surface area contributed by atoms with E-state index in [0.717, 1.165) is 4.90 Å². The van der Waals surface area contributed by atoms with E-state index in [4.69, 9.17) is 0 Å². The third kappa shape index (κ3) is 1.70. The lowest BCUT2D eigenvalue weighted by Crippen LogP contribution is -2.29. The van der Waals surface area contributed by atoms with Crippen LogP contribution in [-0.2, 0) is 0 Å². The number of imide groups is 1. The fourth-order valence-electron chi connectivity index (χ4n) is 2.23. The largest absolute Gasteiger partial charge is 0.268 e. The van der Waals surface area contributed by atoms with Crippen LogP contribution in [0, 0.1) is 12.7 Å². The zero-order valence-corrected chi connectivity index (χ0v) is 12.1. The van der Waals surface area contributed by atoms with Crippen molar-refractivity contribution in [2.75, 3.05) is 4.90 Å². The van der Waals surface area contributed by atoms with Gasteiger partial charge in [-0.15, -0.1) is 0 Å². The summed E-state index contributed by atoms with van der Waals surface area (Å²) in [4.78, 5) is 25.8. The number of halogens is 2. The van der Waals surface area contributed by atoms with E-state index < -0.39 is 17.6 Å². The minimum atomic E-state index is -0.391. The van der Waals surface area contributed by atoms with Crippen LogP contribution in [0.3, 0.4) is 0 Å². The van der Waals surface area contributed by atoms with Gasteiger partial charge in [0, 0.05) is 10.0 Å². The smallest absolute Gasteiger partial charge is 0.266 e. The molecule has 20 heavy (non-hydrogen) atoms. The molecule has 2 amide bonds. The maximum absolute atomic E-state index is 13.5. The maximum atomic E-state index is 13.5. The number of hydrogen-bond acceptors (Lipinski definition) is 2. The second-order valence-electron chi connectivity index (χ2n) is 4.50. The number of benzene rings is 2. The second kappa shape index (κ2) is 4.52. The van der Waals surface area contributed by atoms with E-state index in [1.165, 1.54) is 12.1 Å². The summed E-state index contributed by atoms with van der Waals surface area (Å²) in [6.07, 6.45) is 0. The Morgan fingerprint density at radius 1 is 1.00 bits per heavy atom. The van der Waals surface area contributed by atoms with Crippen molar-refractivity contribution < 1.29 is 14.0 Å². The first-order valence-electron chi connectivity index (χ1n) is 5.95. The van der Waals surface area contributed by atoms with Crippen LogP contribution in [0.1, 0.15) is 26.3 Å². The van der Waals surface area contributed by atoms with E-state index in [-0.39, 0.29) is 0 Å². The van der Waals surface area contributed by atoms with Gasteiger partial charge in [0.15, 0.2) is 0 Å². The zero-order chi connectivity index (χ0) is 14.4. The van der Waals surface area contributed by atoms with Gasteiger partial charge in [-0.3, -0.25) is 9.59 Å². The minimum Gasteiger partial charge on any atom is -0.268 e. The summed E-state index contributed by atoms with van der Waals surface area (Å²) in [6.45, 7) is 1.58. The molecule has 2 aromatic rings. The molecule has 2 aromatic carbocycles. The Labute approximate surface area is 123 Å². The molecular weight excluding hydrogens is 325 g/mol. The maximum Gasteiger partial charge on any atom is 0.266 e. The summed E-state index contributed by atoms with van der Waals surface area (Å²) in [7, 11) is 0. The van der Waals surface area contributed by atoms with Crippen LogP contribution >= 0.6 is 15.9 Å². The minimum absolute atomic E-state index is 0.357. The predicted octanol–water partition coefficient (Wildman–Crippen LogP) is 3.70. The Bertz CT molecular complexity index is 723. The molecule has 5 heteroatoms. The highest BCUT2D eigenvalue weighted by Crippen LogP contribution is 2.35. The number of anilines is 1. The molecule has 1 aliphatic rings. The van der Waals surface area contributed by atoms with Crippen LogP contribution in [0.4, 0.5) is 10.1 Å². The van der Waals surface area contributed by atoms with Crippen molar-refractivity contribution >= 4 is 33.4 Å². The topological polar surface area (TPSA) is 37.4 Å². The summed E-state index contributed by atoms with van der Waals surface area (Å²) < 4.78 is 13.9. The van der Waals surface area contributed by atoms with E-state index in [1.807, 2.05) is 0 Å². The van der Waals surface area contributed by atoms with Crippen LogP contribution in [0.5, 0.6) is 0 Å². The van der Waals surface area contributed by atoms with E-state index in [2.05, 4.69) is 15.9 Å². The van der Waals surface area contributed by atoms with Gasteiger partial charge in [0.1, 0.15) is 5.82 Å². The molecule has 0 bridgehead atoms. The average Bonchev–Trinajstić information content (AvgIpc) is 2.70. The summed E-state index contributed by atoms with van der Waals surface area (Å²) in [5.74, 6) is -1.17.